The maximum Gasteiger partial charge on any atom is 0.129 e. The Kier molecular flexibility index (Phi) is 3.82. The Labute approximate surface area is 108 Å². The largest absolute Gasteiger partial charge is 0.486 e. The van der Waals surface area contributed by atoms with Crippen molar-refractivity contribution in [2.24, 2.45) is 0 Å². The third-order valence-corrected chi connectivity index (χ3v) is 2.79. The Morgan fingerprint density at radius 2 is 2.06 bits per heavy atom. The first-order chi connectivity index (χ1) is 8.62. The minimum Gasteiger partial charge on any atom is -0.486 e. The fourth-order valence-electron chi connectivity index (χ4n) is 1.92. The van der Waals surface area contributed by atoms with Gasteiger partial charge in [-0.25, -0.2) is 0 Å². The van der Waals surface area contributed by atoms with Gasteiger partial charge in [0.25, 0.3) is 0 Å². The van der Waals surface area contributed by atoms with Crippen molar-refractivity contribution >= 4 is 10.9 Å². The molecule has 0 unspecified atom stereocenters. The molecule has 96 valence electrons. The van der Waals surface area contributed by atoms with Crippen LogP contribution in [0.3, 0.4) is 0 Å². The van der Waals surface area contributed by atoms with Crippen LogP contribution in [0.4, 0.5) is 0 Å². The molecule has 0 amide bonds. The highest BCUT2D eigenvalue weighted by Gasteiger charge is 2.20. The third-order valence-electron chi connectivity index (χ3n) is 2.79. The number of pyridine rings is 1. The molecule has 0 saturated heterocycles. The van der Waals surface area contributed by atoms with Gasteiger partial charge in [-0.1, -0.05) is 13.0 Å². The number of benzene rings is 1. The van der Waals surface area contributed by atoms with E-state index in [-0.39, 0.29) is 5.60 Å². The van der Waals surface area contributed by atoms with Gasteiger partial charge in [-0.15, -0.1) is 0 Å². The lowest BCUT2D eigenvalue weighted by Crippen LogP contribution is -2.40. The molecule has 1 aromatic heterocycles. The number of hydrogen-bond acceptors (Lipinski definition) is 3. The number of ether oxygens (including phenoxy) is 1. The van der Waals surface area contributed by atoms with E-state index >= 15 is 0 Å². The lowest BCUT2D eigenvalue weighted by molar-refractivity contribution is 0.111. The number of hydrogen-bond donors (Lipinski definition) is 1. The summed E-state index contributed by atoms with van der Waals surface area (Å²) in [5.41, 5.74) is 0.731. The van der Waals surface area contributed by atoms with E-state index in [1.54, 1.807) is 6.20 Å². The first kappa shape index (κ1) is 12.8. The molecule has 0 radical (unpaired) electrons. The molecule has 0 aliphatic rings. The van der Waals surface area contributed by atoms with Crippen molar-refractivity contribution < 1.29 is 4.74 Å². The van der Waals surface area contributed by atoms with E-state index in [0.717, 1.165) is 29.7 Å². The Bertz CT molecular complexity index is 517. The zero-order chi connectivity index (χ0) is 13.0. The summed E-state index contributed by atoms with van der Waals surface area (Å²) in [6.07, 6.45) is 1.80. The van der Waals surface area contributed by atoms with Crippen molar-refractivity contribution in [3.63, 3.8) is 0 Å². The SMILES string of the molecule is CCNCC(C)(C)Oc1cccc2ncccc12. The Morgan fingerprint density at radius 1 is 1.22 bits per heavy atom. The van der Waals surface area contributed by atoms with Crippen LogP contribution in [0, 0.1) is 0 Å². The average molecular weight is 244 g/mol. The summed E-state index contributed by atoms with van der Waals surface area (Å²) in [6, 6.07) is 9.96. The van der Waals surface area contributed by atoms with Crippen molar-refractivity contribution in [1.29, 1.82) is 0 Å². The number of fused-ring (bicyclic) bond motifs is 1. The molecule has 3 nitrogen and oxygen atoms in total. The quantitative estimate of drug-likeness (QED) is 0.878. The summed E-state index contributed by atoms with van der Waals surface area (Å²) in [7, 11) is 0. The number of nitrogens with one attached hydrogen (secondary N) is 1. The number of aromatic nitrogens is 1. The van der Waals surface area contributed by atoms with Gasteiger partial charge >= 0.3 is 0 Å². The van der Waals surface area contributed by atoms with Gasteiger partial charge in [0.1, 0.15) is 11.4 Å². The van der Waals surface area contributed by atoms with Crippen LogP contribution in [0.2, 0.25) is 0 Å². The van der Waals surface area contributed by atoms with Gasteiger partial charge in [-0.05, 0) is 44.7 Å². The maximum absolute atomic E-state index is 6.11. The lowest BCUT2D eigenvalue weighted by Gasteiger charge is -2.27. The van der Waals surface area contributed by atoms with Crippen molar-refractivity contribution in [3.05, 3.63) is 36.5 Å². The molecule has 0 aliphatic heterocycles. The highest BCUT2D eigenvalue weighted by atomic mass is 16.5. The van der Waals surface area contributed by atoms with Crippen LogP contribution in [0.25, 0.3) is 10.9 Å². The topological polar surface area (TPSA) is 34.1 Å². The van der Waals surface area contributed by atoms with Crippen LogP contribution in [0.15, 0.2) is 36.5 Å². The summed E-state index contributed by atoms with van der Waals surface area (Å²) in [5.74, 6) is 0.892. The van der Waals surface area contributed by atoms with E-state index < -0.39 is 0 Å². The van der Waals surface area contributed by atoms with Gasteiger partial charge in [0, 0.05) is 18.1 Å². The van der Waals surface area contributed by atoms with Gasteiger partial charge in [0.05, 0.1) is 5.52 Å². The summed E-state index contributed by atoms with van der Waals surface area (Å²) in [4.78, 5) is 4.34. The van der Waals surface area contributed by atoms with E-state index in [1.807, 2.05) is 30.3 Å². The van der Waals surface area contributed by atoms with Crippen molar-refractivity contribution in [1.82, 2.24) is 10.3 Å². The van der Waals surface area contributed by atoms with E-state index in [4.69, 9.17) is 4.74 Å². The fraction of sp³-hybridized carbons (Fsp3) is 0.400. The van der Waals surface area contributed by atoms with Gasteiger partial charge in [0.2, 0.25) is 0 Å². The molecule has 2 aromatic rings. The van der Waals surface area contributed by atoms with Gasteiger partial charge in [0.15, 0.2) is 0 Å². The molecule has 2 rings (SSSR count). The smallest absolute Gasteiger partial charge is 0.129 e. The zero-order valence-corrected chi connectivity index (χ0v) is 11.2. The molecular formula is C15H20N2O. The maximum atomic E-state index is 6.11. The highest BCUT2D eigenvalue weighted by Crippen LogP contribution is 2.27. The second-order valence-corrected chi connectivity index (χ2v) is 4.97. The molecule has 0 spiro atoms. The molecule has 1 N–H and O–H groups in total. The van der Waals surface area contributed by atoms with Crippen LogP contribution in [-0.2, 0) is 0 Å². The molecule has 0 bridgehead atoms. The standard InChI is InChI=1S/C15H20N2O/c1-4-16-11-15(2,3)18-14-9-5-8-13-12(14)7-6-10-17-13/h5-10,16H,4,11H2,1-3H3. The molecule has 1 aromatic carbocycles. The van der Waals surface area contributed by atoms with Crippen LogP contribution in [-0.4, -0.2) is 23.7 Å². The van der Waals surface area contributed by atoms with Crippen LogP contribution >= 0.6 is 0 Å². The Morgan fingerprint density at radius 3 is 2.83 bits per heavy atom. The van der Waals surface area contributed by atoms with E-state index in [2.05, 4.69) is 31.1 Å². The normalized spacial score (nSPS) is 11.7. The van der Waals surface area contributed by atoms with E-state index in [1.165, 1.54) is 0 Å². The van der Waals surface area contributed by atoms with Crippen LogP contribution in [0.1, 0.15) is 20.8 Å². The van der Waals surface area contributed by atoms with Gasteiger partial charge in [-0.2, -0.15) is 0 Å². The lowest BCUT2D eigenvalue weighted by atomic mass is 10.1. The molecule has 3 heteroatoms. The fourth-order valence-corrected chi connectivity index (χ4v) is 1.92. The summed E-state index contributed by atoms with van der Waals surface area (Å²) < 4.78 is 6.11. The third kappa shape index (κ3) is 2.99. The Balaban J connectivity index is 2.26. The second kappa shape index (κ2) is 5.36. The zero-order valence-electron chi connectivity index (χ0n) is 11.2. The molecular weight excluding hydrogens is 224 g/mol. The van der Waals surface area contributed by atoms with Gasteiger partial charge in [-0.3, -0.25) is 4.98 Å². The van der Waals surface area contributed by atoms with Crippen LogP contribution < -0.4 is 10.1 Å². The molecule has 1 heterocycles. The van der Waals surface area contributed by atoms with Crippen molar-refractivity contribution in [2.45, 2.75) is 26.4 Å². The minimum absolute atomic E-state index is 0.236. The number of likely N-dealkylation sites (N-methyl/N-ethyl adjacent to an activating group) is 1. The van der Waals surface area contributed by atoms with Crippen molar-refractivity contribution in [3.8, 4) is 5.75 Å². The highest BCUT2D eigenvalue weighted by molar-refractivity contribution is 5.84. The summed E-state index contributed by atoms with van der Waals surface area (Å²) in [6.45, 7) is 8.04. The van der Waals surface area contributed by atoms with E-state index in [9.17, 15) is 0 Å². The monoisotopic (exact) mass is 244 g/mol. The second-order valence-electron chi connectivity index (χ2n) is 4.97. The van der Waals surface area contributed by atoms with Crippen LogP contribution in [0.5, 0.6) is 5.75 Å². The van der Waals surface area contributed by atoms with E-state index in [0.29, 0.717) is 0 Å². The molecule has 18 heavy (non-hydrogen) atoms. The summed E-state index contributed by atoms with van der Waals surface area (Å²) in [5, 5.41) is 4.38. The first-order valence-corrected chi connectivity index (χ1v) is 6.36. The summed E-state index contributed by atoms with van der Waals surface area (Å²) >= 11 is 0. The van der Waals surface area contributed by atoms with Gasteiger partial charge < -0.3 is 10.1 Å². The molecule has 0 aliphatic carbocycles. The molecule has 0 atom stereocenters. The Hall–Kier alpha value is -1.61. The predicted octanol–water partition coefficient (Wildman–Crippen LogP) is 3.00. The number of nitrogens with zero attached hydrogens (tertiary/aromatic N) is 1. The first-order valence-electron chi connectivity index (χ1n) is 6.36. The predicted molar refractivity (Wildman–Crippen MR) is 75.0 cm³/mol. The van der Waals surface area contributed by atoms with Crippen molar-refractivity contribution in [2.75, 3.05) is 13.1 Å². The molecule has 0 fully saturated rings. The molecule has 0 saturated carbocycles. The number of rotatable bonds is 5. The minimum atomic E-state index is -0.236. The average Bonchev–Trinajstić information content (AvgIpc) is 2.37.